The Labute approximate surface area is 111 Å². The Morgan fingerprint density at radius 3 is 2.53 bits per heavy atom. The van der Waals surface area contributed by atoms with E-state index in [-0.39, 0.29) is 11.3 Å². The van der Waals surface area contributed by atoms with Gasteiger partial charge in [-0.05, 0) is 24.1 Å². The summed E-state index contributed by atoms with van der Waals surface area (Å²) in [6.07, 6.45) is -2.11. The molecule has 106 valence electrons. The minimum absolute atomic E-state index is 0.131. The Morgan fingerprint density at radius 1 is 1.37 bits per heavy atom. The van der Waals surface area contributed by atoms with Crippen LogP contribution in [0.3, 0.4) is 0 Å². The zero-order valence-electron chi connectivity index (χ0n) is 10.9. The Bertz CT molecular complexity index is 429. The molecule has 0 bridgehead atoms. The van der Waals surface area contributed by atoms with Gasteiger partial charge in [0.1, 0.15) is 0 Å². The molecule has 0 saturated carbocycles. The van der Waals surface area contributed by atoms with Gasteiger partial charge < -0.3 is 10.0 Å². The molecule has 0 heterocycles. The molecule has 0 aliphatic carbocycles. The molecule has 0 unspecified atom stereocenters. The Balaban J connectivity index is 3.27. The van der Waals surface area contributed by atoms with Gasteiger partial charge in [0.2, 0.25) is 0 Å². The third-order valence-electron chi connectivity index (χ3n) is 2.73. The number of aliphatic hydroxyl groups excluding tert-OH is 1. The highest BCUT2D eigenvalue weighted by molar-refractivity contribution is 5.56. The number of nitrogens with zero attached hydrogens (tertiary/aromatic N) is 1. The van der Waals surface area contributed by atoms with Gasteiger partial charge in [0, 0.05) is 18.8 Å². The van der Waals surface area contributed by atoms with Crippen LogP contribution in [0.5, 0.6) is 0 Å². The van der Waals surface area contributed by atoms with Gasteiger partial charge in [0.15, 0.2) is 0 Å². The lowest BCUT2D eigenvalue weighted by Crippen LogP contribution is -2.27. The van der Waals surface area contributed by atoms with Crippen molar-refractivity contribution in [3.63, 3.8) is 0 Å². The summed E-state index contributed by atoms with van der Waals surface area (Å²) in [5, 5.41) is 8.97. The number of halogens is 3. The minimum Gasteiger partial charge on any atom is -0.392 e. The van der Waals surface area contributed by atoms with Gasteiger partial charge in [-0.15, -0.1) is 6.58 Å². The molecule has 0 aromatic heterocycles. The van der Waals surface area contributed by atoms with Crippen molar-refractivity contribution in [3.8, 4) is 0 Å². The molecule has 1 N–H and O–H groups in total. The molecule has 1 rings (SSSR count). The summed E-state index contributed by atoms with van der Waals surface area (Å²) in [7, 11) is 0. The summed E-state index contributed by atoms with van der Waals surface area (Å²) in [4.78, 5) is 1.64. The zero-order chi connectivity index (χ0) is 14.5. The highest BCUT2D eigenvalue weighted by Gasteiger charge is 2.34. The van der Waals surface area contributed by atoms with Gasteiger partial charge in [-0.2, -0.15) is 13.2 Å². The van der Waals surface area contributed by atoms with Gasteiger partial charge in [0.05, 0.1) is 12.2 Å². The normalized spacial score (nSPS) is 11.4. The van der Waals surface area contributed by atoms with E-state index >= 15 is 0 Å². The number of anilines is 1. The summed E-state index contributed by atoms with van der Waals surface area (Å²) < 4.78 is 39.2. The van der Waals surface area contributed by atoms with E-state index in [0.717, 1.165) is 12.5 Å². The SMILES string of the molecule is C=CCN(CCC)c1ccc(CO)cc1C(F)(F)F. The van der Waals surface area contributed by atoms with Gasteiger partial charge in [-0.1, -0.05) is 19.1 Å². The third kappa shape index (κ3) is 3.99. The predicted octanol–water partition coefficient (Wildman–Crippen LogP) is 3.60. The van der Waals surface area contributed by atoms with Gasteiger partial charge >= 0.3 is 6.18 Å². The zero-order valence-corrected chi connectivity index (χ0v) is 10.9. The lowest BCUT2D eigenvalue weighted by Gasteiger charge is -2.26. The van der Waals surface area contributed by atoms with E-state index in [1.54, 1.807) is 11.0 Å². The number of rotatable bonds is 6. The van der Waals surface area contributed by atoms with Crippen LogP contribution in [0.4, 0.5) is 18.9 Å². The van der Waals surface area contributed by atoms with Crippen LogP contribution in [-0.4, -0.2) is 18.2 Å². The Kier molecular flexibility index (Phi) is 5.42. The molecular weight excluding hydrogens is 255 g/mol. The summed E-state index contributed by atoms with van der Waals surface area (Å²) in [5.41, 5.74) is -0.327. The minimum atomic E-state index is -4.44. The van der Waals surface area contributed by atoms with Crippen LogP contribution < -0.4 is 4.90 Å². The number of benzene rings is 1. The third-order valence-corrected chi connectivity index (χ3v) is 2.73. The van der Waals surface area contributed by atoms with Crippen LogP contribution >= 0.6 is 0 Å². The molecular formula is C14H18F3NO. The molecule has 1 aromatic carbocycles. The molecule has 0 amide bonds. The van der Waals surface area contributed by atoms with E-state index in [4.69, 9.17) is 5.11 Å². The summed E-state index contributed by atoms with van der Waals surface area (Å²) in [6, 6.07) is 3.92. The molecule has 0 spiro atoms. The van der Waals surface area contributed by atoms with Crippen molar-refractivity contribution < 1.29 is 18.3 Å². The van der Waals surface area contributed by atoms with Crippen molar-refractivity contribution in [2.45, 2.75) is 26.1 Å². The molecule has 0 atom stereocenters. The van der Waals surface area contributed by atoms with Crippen molar-refractivity contribution in [1.29, 1.82) is 0 Å². The van der Waals surface area contributed by atoms with E-state index in [1.807, 2.05) is 6.92 Å². The van der Waals surface area contributed by atoms with Crippen molar-refractivity contribution in [2.75, 3.05) is 18.0 Å². The van der Waals surface area contributed by atoms with Gasteiger partial charge in [-0.25, -0.2) is 0 Å². The van der Waals surface area contributed by atoms with Crippen LogP contribution in [0, 0.1) is 0 Å². The number of hydrogen-bond acceptors (Lipinski definition) is 2. The molecule has 0 radical (unpaired) electrons. The highest BCUT2D eigenvalue weighted by Crippen LogP contribution is 2.37. The van der Waals surface area contributed by atoms with Crippen LogP contribution in [0.25, 0.3) is 0 Å². The quantitative estimate of drug-likeness (QED) is 0.800. The fourth-order valence-corrected chi connectivity index (χ4v) is 1.92. The molecule has 0 saturated heterocycles. The van der Waals surface area contributed by atoms with Crippen molar-refractivity contribution in [2.24, 2.45) is 0 Å². The van der Waals surface area contributed by atoms with Crippen LogP contribution in [0.15, 0.2) is 30.9 Å². The first-order valence-electron chi connectivity index (χ1n) is 6.10. The average molecular weight is 273 g/mol. The fourth-order valence-electron chi connectivity index (χ4n) is 1.92. The summed E-state index contributed by atoms with van der Waals surface area (Å²) >= 11 is 0. The lowest BCUT2D eigenvalue weighted by atomic mass is 10.1. The molecule has 19 heavy (non-hydrogen) atoms. The van der Waals surface area contributed by atoms with Crippen molar-refractivity contribution >= 4 is 5.69 Å². The molecule has 0 fully saturated rings. The Morgan fingerprint density at radius 2 is 2.05 bits per heavy atom. The molecule has 0 aliphatic rings. The second-order valence-electron chi connectivity index (χ2n) is 4.24. The van der Waals surface area contributed by atoms with E-state index in [0.29, 0.717) is 13.1 Å². The van der Waals surface area contributed by atoms with Crippen LogP contribution in [0.2, 0.25) is 0 Å². The fraction of sp³-hybridized carbons (Fsp3) is 0.429. The molecule has 1 aromatic rings. The predicted molar refractivity (Wildman–Crippen MR) is 70.1 cm³/mol. The van der Waals surface area contributed by atoms with Gasteiger partial charge in [-0.3, -0.25) is 0 Å². The number of hydrogen-bond donors (Lipinski definition) is 1. The Hall–Kier alpha value is -1.49. The lowest BCUT2D eigenvalue weighted by molar-refractivity contribution is -0.137. The van der Waals surface area contributed by atoms with Crippen molar-refractivity contribution in [3.05, 3.63) is 42.0 Å². The van der Waals surface area contributed by atoms with Crippen molar-refractivity contribution in [1.82, 2.24) is 0 Å². The summed E-state index contributed by atoms with van der Waals surface area (Å²) in [6.45, 7) is 5.95. The molecule has 2 nitrogen and oxygen atoms in total. The van der Waals surface area contributed by atoms with Gasteiger partial charge in [0.25, 0.3) is 0 Å². The topological polar surface area (TPSA) is 23.5 Å². The van der Waals surface area contributed by atoms with Crippen LogP contribution in [0.1, 0.15) is 24.5 Å². The second-order valence-corrected chi connectivity index (χ2v) is 4.24. The maximum Gasteiger partial charge on any atom is 0.418 e. The molecule has 5 heteroatoms. The number of alkyl halides is 3. The largest absolute Gasteiger partial charge is 0.418 e. The maximum absolute atomic E-state index is 13.1. The van der Waals surface area contributed by atoms with Crippen LogP contribution in [-0.2, 0) is 12.8 Å². The van der Waals surface area contributed by atoms with E-state index in [1.165, 1.54) is 12.1 Å². The standard InChI is InChI=1S/C14H18F3NO/c1-3-7-18(8-4-2)13-6-5-11(10-19)9-12(13)14(15,16)17/h3,5-6,9,19H,1,4,7-8,10H2,2H3. The number of aliphatic hydroxyl groups is 1. The maximum atomic E-state index is 13.1. The van der Waals surface area contributed by atoms with E-state index in [2.05, 4.69) is 6.58 Å². The first-order chi connectivity index (χ1) is 8.93. The average Bonchev–Trinajstić information content (AvgIpc) is 2.37. The second kappa shape index (κ2) is 6.61. The van der Waals surface area contributed by atoms with E-state index in [9.17, 15) is 13.2 Å². The first-order valence-corrected chi connectivity index (χ1v) is 6.10. The highest BCUT2D eigenvalue weighted by atomic mass is 19.4. The smallest absolute Gasteiger partial charge is 0.392 e. The monoisotopic (exact) mass is 273 g/mol. The first kappa shape index (κ1) is 15.6. The van der Waals surface area contributed by atoms with E-state index < -0.39 is 18.3 Å². The molecule has 0 aliphatic heterocycles. The summed E-state index contributed by atoms with van der Waals surface area (Å²) in [5.74, 6) is 0.